The number of nitrogens with two attached hydrogens (primary N) is 4. The number of rotatable bonds is 10. The van der Waals surface area contributed by atoms with Gasteiger partial charge >= 0.3 is 17.9 Å². The van der Waals surface area contributed by atoms with Gasteiger partial charge in [-0.3, -0.25) is 19.2 Å². The molecule has 34 heavy (non-hydrogen) atoms. The van der Waals surface area contributed by atoms with Gasteiger partial charge in [0.1, 0.15) is 18.1 Å². The lowest BCUT2D eigenvalue weighted by Crippen LogP contribution is -2.32. The van der Waals surface area contributed by atoms with Gasteiger partial charge in [-0.15, -0.1) is 0 Å². The van der Waals surface area contributed by atoms with Crippen molar-refractivity contribution in [3.05, 3.63) is 36.0 Å². The highest BCUT2D eigenvalue weighted by Gasteiger charge is 2.14. The predicted molar refractivity (Wildman–Crippen MR) is 127 cm³/mol. The van der Waals surface area contributed by atoms with E-state index < -0.39 is 41.9 Å². The molecular formula is C22H35N5O7. The molecule has 0 aliphatic rings. The number of benzene rings is 1. The van der Waals surface area contributed by atoms with Gasteiger partial charge in [0, 0.05) is 29.9 Å². The van der Waals surface area contributed by atoms with Crippen LogP contribution in [-0.2, 0) is 25.6 Å². The first-order valence-electron chi connectivity index (χ1n) is 10.5. The molecule has 2 aromatic rings. The third-order valence-corrected chi connectivity index (χ3v) is 4.49. The molecule has 1 aromatic heterocycles. The second kappa shape index (κ2) is 15.4. The molecule has 3 atom stereocenters. The van der Waals surface area contributed by atoms with Crippen LogP contribution in [0.3, 0.4) is 0 Å². The number of carbonyl (C=O) groups excluding carboxylic acids is 1. The molecule has 12 nitrogen and oxygen atoms in total. The Morgan fingerprint density at radius 2 is 1.41 bits per heavy atom. The Morgan fingerprint density at radius 3 is 1.85 bits per heavy atom. The average molecular weight is 482 g/mol. The van der Waals surface area contributed by atoms with Crippen molar-refractivity contribution < 1.29 is 34.5 Å². The van der Waals surface area contributed by atoms with Crippen LogP contribution in [-0.4, -0.2) is 62.2 Å². The van der Waals surface area contributed by atoms with Gasteiger partial charge in [0.05, 0.1) is 0 Å². The smallest absolute Gasteiger partial charge is 0.320 e. The molecule has 12 N–H and O–H groups in total. The normalized spacial score (nSPS) is 13.0. The number of hydrogen-bond donors (Lipinski definition) is 8. The van der Waals surface area contributed by atoms with E-state index in [4.69, 9.17) is 38.3 Å². The number of primary amides is 1. The minimum atomic E-state index is -1.11. The lowest BCUT2D eigenvalue weighted by atomic mass is 10.1. The van der Waals surface area contributed by atoms with Gasteiger partial charge in [-0.2, -0.15) is 0 Å². The van der Waals surface area contributed by atoms with Crippen LogP contribution in [0.4, 0.5) is 0 Å². The van der Waals surface area contributed by atoms with Gasteiger partial charge in [0.15, 0.2) is 0 Å². The monoisotopic (exact) mass is 481 g/mol. The van der Waals surface area contributed by atoms with Crippen molar-refractivity contribution >= 4 is 34.7 Å². The Bertz CT molecular complexity index is 945. The van der Waals surface area contributed by atoms with E-state index in [2.05, 4.69) is 4.98 Å². The summed E-state index contributed by atoms with van der Waals surface area (Å²) in [5.74, 6) is -3.17. The van der Waals surface area contributed by atoms with Crippen LogP contribution in [0.25, 0.3) is 10.9 Å². The second-order valence-corrected chi connectivity index (χ2v) is 8.03. The van der Waals surface area contributed by atoms with Crippen molar-refractivity contribution in [2.24, 2.45) is 28.9 Å². The molecule has 12 heteroatoms. The first kappa shape index (κ1) is 30.5. The zero-order chi connectivity index (χ0) is 26.4. The van der Waals surface area contributed by atoms with Gasteiger partial charge in [-0.1, -0.05) is 32.0 Å². The molecule has 1 aromatic carbocycles. The third kappa shape index (κ3) is 12.5. The van der Waals surface area contributed by atoms with E-state index in [0.29, 0.717) is 18.8 Å². The maximum atomic E-state index is 10.6. The molecule has 0 fully saturated rings. The van der Waals surface area contributed by atoms with E-state index in [1.165, 1.54) is 0 Å². The van der Waals surface area contributed by atoms with Gasteiger partial charge < -0.3 is 43.2 Å². The summed E-state index contributed by atoms with van der Waals surface area (Å²) in [6, 6.07) is 5.24. The number of nitrogens with one attached hydrogen (secondary N) is 1. The highest BCUT2D eigenvalue weighted by Crippen LogP contribution is 2.18. The molecule has 3 unspecified atom stereocenters. The molecule has 0 saturated heterocycles. The highest BCUT2D eigenvalue weighted by molar-refractivity contribution is 5.84. The molecule has 0 spiro atoms. The highest BCUT2D eigenvalue weighted by atomic mass is 16.4. The lowest BCUT2D eigenvalue weighted by molar-refractivity contribution is -0.139. The van der Waals surface area contributed by atoms with Gasteiger partial charge in [0.25, 0.3) is 0 Å². The van der Waals surface area contributed by atoms with Gasteiger partial charge in [-0.25, -0.2) is 0 Å². The largest absolute Gasteiger partial charge is 0.480 e. The zero-order valence-corrected chi connectivity index (χ0v) is 19.3. The van der Waals surface area contributed by atoms with E-state index in [-0.39, 0.29) is 12.8 Å². The molecule has 1 heterocycles. The lowest BCUT2D eigenvalue weighted by Gasteiger charge is -2.07. The number of aromatic amines is 1. The minimum absolute atomic E-state index is 0.0213. The summed E-state index contributed by atoms with van der Waals surface area (Å²) in [5, 5.41) is 26.3. The van der Waals surface area contributed by atoms with E-state index in [0.717, 1.165) is 16.5 Å². The molecule has 2 rings (SSSR count). The molecule has 0 aliphatic heterocycles. The van der Waals surface area contributed by atoms with Gasteiger partial charge in [0.2, 0.25) is 5.91 Å². The first-order chi connectivity index (χ1) is 15.8. The summed E-state index contributed by atoms with van der Waals surface area (Å²) in [4.78, 5) is 44.0. The summed E-state index contributed by atoms with van der Waals surface area (Å²) >= 11 is 0. The Morgan fingerprint density at radius 1 is 0.882 bits per heavy atom. The fourth-order valence-electron chi connectivity index (χ4n) is 2.65. The molecule has 0 radical (unpaired) electrons. The Balaban J connectivity index is 0.000000507. The summed E-state index contributed by atoms with van der Waals surface area (Å²) < 4.78 is 0. The summed E-state index contributed by atoms with van der Waals surface area (Å²) in [6.45, 7) is 3.89. The topological polar surface area (TPSA) is 249 Å². The number of carbonyl (C=O) groups is 4. The van der Waals surface area contributed by atoms with Crippen LogP contribution in [0.2, 0.25) is 0 Å². The number of aliphatic carboxylic acids is 3. The van der Waals surface area contributed by atoms with Crippen LogP contribution >= 0.6 is 0 Å². The molecular weight excluding hydrogens is 446 g/mol. The SMILES string of the molecule is CC(C)CC(N)C(=O)O.NC(=O)CCC(N)C(=O)O.NC(Cc1c[nH]c2ccccc12)C(=O)O. The maximum Gasteiger partial charge on any atom is 0.320 e. The number of H-pyrrole nitrogens is 1. The second-order valence-electron chi connectivity index (χ2n) is 8.03. The standard InChI is InChI=1S/C11H12N2O2.C6H13NO2.C5H10N2O3/c12-9(11(14)15)5-7-6-13-10-4-2-1-3-8(7)10;1-4(2)3-5(7)6(8)9;6-3(5(9)10)1-2-4(7)8/h1-4,6,9,13H,5,12H2,(H,14,15);4-5H,3,7H2,1-2H3,(H,8,9);3H,1-2,6H2,(H2,7,8)(H,9,10). The average Bonchev–Trinajstić information content (AvgIpc) is 3.15. The number of amides is 1. The van der Waals surface area contributed by atoms with Crippen molar-refractivity contribution in [3.8, 4) is 0 Å². The van der Waals surface area contributed by atoms with Crippen molar-refractivity contribution in [3.63, 3.8) is 0 Å². The fourth-order valence-corrected chi connectivity index (χ4v) is 2.65. The zero-order valence-electron chi connectivity index (χ0n) is 19.3. The summed E-state index contributed by atoms with van der Waals surface area (Å²) in [7, 11) is 0. The molecule has 0 aliphatic carbocycles. The van der Waals surface area contributed by atoms with Gasteiger partial charge in [-0.05, 0) is 30.4 Å². The Kier molecular flexibility index (Phi) is 13.8. The molecule has 0 bridgehead atoms. The Labute approximate surface area is 197 Å². The van der Waals surface area contributed by atoms with Crippen LogP contribution < -0.4 is 22.9 Å². The quantitative estimate of drug-likeness (QED) is 0.229. The number of hydrogen-bond acceptors (Lipinski definition) is 7. The van der Waals surface area contributed by atoms with E-state index in [9.17, 15) is 19.2 Å². The van der Waals surface area contributed by atoms with Crippen LogP contribution in [0.15, 0.2) is 30.5 Å². The van der Waals surface area contributed by atoms with E-state index >= 15 is 0 Å². The van der Waals surface area contributed by atoms with E-state index in [1.807, 2.05) is 44.3 Å². The number of para-hydroxylation sites is 1. The third-order valence-electron chi connectivity index (χ3n) is 4.49. The number of aromatic nitrogens is 1. The number of fused-ring (bicyclic) bond motifs is 1. The number of carboxylic acid groups (broad SMARTS) is 3. The van der Waals surface area contributed by atoms with E-state index in [1.54, 1.807) is 0 Å². The Hall–Kier alpha value is -3.48. The maximum absolute atomic E-state index is 10.6. The predicted octanol–water partition coefficient (Wildman–Crippen LogP) is 0.231. The molecule has 190 valence electrons. The van der Waals surface area contributed by atoms with Crippen LogP contribution in [0, 0.1) is 5.92 Å². The van der Waals surface area contributed by atoms with Crippen molar-refractivity contribution in [2.45, 2.75) is 57.7 Å². The minimum Gasteiger partial charge on any atom is -0.480 e. The summed E-state index contributed by atoms with van der Waals surface area (Å²) in [5.41, 5.74) is 22.5. The number of carboxylic acids is 3. The van der Waals surface area contributed by atoms with Crippen molar-refractivity contribution in [2.75, 3.05) is 0 Å². The van der Waals surface area contributed by atoms with Crippen LogP contribution in [0.1, 0.15) is 38.7 Å². The molecule has 1 amide bonds. The first-order valence-corrected chi connectivity index (χ1v) is 10.5. The summed E-state index contributed by atoms with van der Waals surface area (Å²) in [6.07, 6.45) is 2.83. The molecule has 0 saturated carbocycles. The fraction of sp³-hybridized carbons (Fsp3) is 0.455. The van der Waals surface area contributed by atoms with Crippen molar-refractivity contribution in [1.82, 2.24) is 4.98 Å². The van der Waals surface area contributed by atoms with Crippen LogP contribution in [0.5, 0.6) is 0 Å². The van der Waals surface area contributed by atoms with Crippen molar-refractivity contribution in [1.29, 1.82) is 0 Å².